The Morgan fingerprint density at radius 2 is 2.04 bits per heavy atom. The predicted molar refractivity (Wildman–Crippen MR) is 95.2 cm³/mol. The van der Waals surface area contributed by atoms with E-state index in [-0.39, 0.29) is 6.04 Å². The summed E-state index contributed by atoms with van der Waals surface area (Å²) in [6.07, 6.45) is 2.19. The van der Waals surface area contributed by atoms with E-state index in [9.17, 15) is 4.21 Å². The number of nitrogens with one attached hydrogen (secondary N) is 2. The lowest BCUT2D eigenvalue weighted by Gasteiger charge is -2.17. The van der Waals surface area contributed by atoms with E-state index in [1.165, 1.54) is 6.21 Å². The Labute approximate surface area is 138 Å². The third-order valence-electron chi connectivity index (χ3n) is 3.94. The number of hydrogen-bond donors (Lipinski definition) is 3. The minimum atomic E-state index is -1.11. The number of hydrogen-bond acceptors (Lipinski definition) is 4. The lowest BCUT2D eigenvalue weighted by atomic mass is 10.1. The predicted octanol–water partition coefficient (Wildman–Crippen LogP) is 2.48. The highest BCUT2D eigenvalue weighted by molar-refractivity contribution is 7.82. The van der Waals surface area contributed by atoms with Crippen molar-refractivity contribution in [1.29, 1.82) is 5.41 Å². The average molecular weight is 328 g/mol. The molecular weight excluding hydrogens is 308 g/mol. The fourth-order valence-electron chi connectivity index (χ4n) is 2.71. The summed E-state index contributed by atoms with van der Waals surface area (Å²) < 4.78 is 14.5. The molecule has 0 saturated carbocycles. The Kier molecular flexibility index (Phi) is 4.73. The molecule has 1 aliphatic heterocycles. The highest BCUT2D eigenvalue weighted by atomic mass is 32.2. The molecular formula is C17H20N4OS. The molecule has 0 spiro atoms. The summed E-state index contributed by atoms with van der Waals surface area (Å²) in [5, 5.41) is 10.8. The van der Waals surface area contributed by atoms with Gasteiger partial charge in [-0.1, -0.05) is 18.2 Å². The summed E-state index contributed by atoms with van der Waals surface area (Å²) in [6, 6.07) is 15.4. The third-order valence-corrected chi connectivity index (χ3v) is 5.42. The summed E-state index contributed by atoms with van der Waals surface area (Å²) >= 11 is 0. The molecule has 2 atom stereocenters. The van der Waals surface area contributed by atoms with Crippen molar-refractivity contribution in [2.75, 3.05) is 24.1 Å². The second-order valence-corrected chi connectivity index (χ2v) is 7.05. The van der Waals surface area contributed by atoms with Gasteiger partial charge in [-0.25, -0.2) is 8.51 Å². The molecule has 5 nitrogen and oxygen atoms in total. The van der Waals surface area contributed by atoms with Crippen molar-refractivity contribution < 1.29 is 4.21 Å². The van der Waals surface area contributed by atoms with Crippen LogP contribution in [-0.4, -0.2) is 33.9 Å². The number of benzene rings is 2. The van der Waals surface area contributed by atoms with Crippen molar-refractivity contribution in [2.24, 2.45) is 0 Å². The Balaban J connectivity index is 1.64. The molecule has 1 heterocycles. The lowest BCUT2D eigenvalue weighted by molar-refractivity contribution is 0.531. The Hall–Kier alpha value is -2.18. The first kappa shape index (κ1) is 15.7. The molecule has 2 aromatic rings. The van der Waals surface area contributed by atoms with Crippen LogP contribution < -0.4 is 11.1 Å². The zero-order valence-corrected chi connectivity index (χ0v) is 13.6. The third kappa shape index (κ3) is 3.60. The van der Waals surface area contributed by atoms with Gasteiger partial charge in [0.05, 0.1) is 4.90 Å². The van der Waals surface area contributed by atoms with Crippen LogP contribution in [0, 0.1) is 5.41 Å². The van der Waals surface area contributed by atoms with E-state index < -0.39 is 11.0 Å². The van der Waals surface area contributed by atoms with Crippen molar-refractivity contribution in [3.8, 4) is 0 Å². The Morgan fingerprint density at radius 1 is 1.26 bits per heavy atom. The van der Waals surface area contributed by atoms with Crippen molar-refractivity contribution in [3.05, 3.63) is 54.1 Å². The van der Waals surface area contributed by atoms with Crippen LogP contribution in [-0.2, 0) is 11.0 Å². The highest BCUT2D eigenvalue weighted by Gasteiger charge is 2.27. The van der Waals surface area contributed by atoms with Crippen LogP contribution in [0.15, 0.2) is 53.4 Å². The van der Waals surface area contributed by atoms with Gasteiger partial charge in [0.2, 0.25) is 0 Å². The van der Waals surface area contributed by atoms with E-state index in [4.69, 9.17) is 11.1 Å². The molecule has 0 aliphatic carbocycles. The van der Waals surface area contributed by atoms with E-state index in [1.54, 1.807) is 6.07 Å². The van der Waals surface area contributed by atoms with Crippen LogP contribution in [0.1, 0.15) is 12.0 Å². The van der Waals surface area contributed by atoms with E-state index in [2.05, 4.69) is 5.32 Å². The zero-order chi connectivity index (χ0) is 16.2. The van der Waals surface area contributed by atoms with E-state index in [0.717, 1.165) is 30.1 Å². The fraction of sp³-hybridized carbons (Fsp3) is 0.235. The maximum Gasteiger partial charge on any atom is 0.127 e. The van der Waals surface area contributed by atoms with Gasteiger partial charge >= 0.3 is 0 Å². The summed E-state index contributed by atoms with van der Waals surface area (Å²) in [5.74, 6) is 0. The molecule has 6 heteroatoms. The topological polar surface area (TPSA) is 82.2 Å². The van der Waals surface area contributed by atoms with Crippen molar-refractivity contribution in [1.82, 2.24) is 4.31 Å². The SMILES string of the molecule is N=Cc1cc(NC2CCN(S(=O)c3ccccc3)C2)ccc1N. The molecule has 1 aliphatic rings. The second-order valence-electron chi connectivity index (χ2n) is 5.57. The first-order valence-corrected chi connectivity index (χ1v) is 8.66. The molecule has 0 amide bonds. The van der Waals surface area contributed by atoms with Crippen molar-refractivity contribution >= 4 is 28.6 Å². The smallest absolute Gasteiger partial charge is 0.127 e. The average Bonchev–Trinajstić information content (AvgIpc) is 3.05. The van der Waals surface area contributed by atoms with E-state index in [1.807, 2.05) is 46.8 Å². The molecule has 3 rings (SSSR count). The van der Waals surface area contributed by atoms with Gasteiger partial charge in [0, 0.05) is 42.3 Å². The van der Waals surface area contributed by atoms with Crippen LogP contribution >= 0.6 is 0 Å². The van der Waals surface area contributed by atoms with Gasteiger partial charge in [-0.05, 0) is 36.8 Å². The zero-order valence-electron chi connectivity index (χ0n) is 12.7. The summed E-state index contributed by atoms with van der Waals surface area (Å²) in [4.78, 5) is 0.840. The molecule has 2 unspecified atom stereocenters. The van der Waals surface area contributed by atoms with E-state index in [0.29, 0.717) is 11.3 Å². The number of nitrogens with two attached hydrogens (primary N) is 1. The minimum Gasteiger partial charge on any atom is -0.398 e. The molecule has 0 radical (unpaired) electrons. The maximum atomic E-state index is 12.6. The molecule has 23 heavy (non-hydrogen) atoms. The molecule has 4 N–H and O–H groups in total. The largest absolute Gasteiger partial charge is 0.398 e. The van der Waals surface area contributed by atoms with Crippen LogP contribution in [0.25, 0.3) is 0 Å². The maximum absolute atomic E-state index is 12.6. The molecule has 0 aromatic heterocycles. The first-order valence-electron chi connectivity index (χ1n) is 7.56. The molecule has 120 valence electrons. The molecule has 0 bridgehead atoms. The van der Waals surface area contributed by atoms with Gasteiger partial charge in [-0.2, -0.15) is 0 Å². The molecule has 1 saturated heterocycles. The summed E-state index contributed by atoms with van der Waals surface area (Å²) in [5.41, 5.74) is 8.05. The van der Waals surface area contributed by atoms with Crippen LogP contribution in [0.4, 0.5) is 11.4 Å². The quantitative estimate of drug-likeness (QED) is 0.582. The van der Waals surface area contributed by atoms with Gasteiger partial charge < -0.3 is 16.5 Å². The van der Waals surface area contributed by atoms with Crippen molar-refractivity contribution in [2.45, 2.75) is 17.4 Å². The van der Waals surface area contributed by atoms with Gasteiger partial charge in [0.25, 0.3) is 0 Å². The normalized spacial score (nSPS) is 19.4. The summed E-state index contributed by atoms with van der Waals surface area (Å²) in [6.45, 7) is 1.53. The standard InChI is InChI=1S/C17H20N4OS/c18-11-13-10-14(6-7-17(13)19)20-15-8-9-21(12-15)23(22)16-4-2-1-3-5-16/h1-7,10-11,15,18,20H,8-9,12,19H2. The fourth-order valence-corrected chi connectivity index (χ4v) is 3.98. The van der Waals surface area contributed by atoms with Crippen LogP contribution in [0.3, 0.4) is 0 Å². The molecule has 2 aromatic carbocycles. The summed E-state index contributed by atoms with van der Waals surface area (Å²) in [7, 11) is -1.11. The minimum absolute atomic E-state index is 0.241. The van der Waals surface area contributed by atoms with Crippen LogP contribution in [0.2, 0.25) is 0 Å². The lowest BCUT2D eigenvalue weighted by Crippen LogP contribution is -2.27. The van der Waals surface area contributed by atoms with Gasteiger partial charge in [0.15, 0.2) is 0 Å². The number of nitrogen functional groups attached to an aromatic ring is 1. The van der Waals surface area contributed by atoms with Crippen LogP contribution in [0.5, 0.6) is 0 Å². The molecule has 1 fully saturated rings. The van der Waals surface area contributed by atoms with Gasteiger partial charge in [-0.3, -0.25) is 0 Å². The van der Waals surface area contributed by atoms with Gasteiger partial charge in [-0.15, -0.1) is 0 Å². The highest BCUT2D eigenvalue weighted by Crippen LogP contribution is 2.22. The second kappa shape index (κ2) is 6.93. The first-order chi connectivity index (χ1) is 11.2. The van der Waals surface area contributed by atoms with Crippen molar-refractivity contribution in [3.63, 3.8) is 0 Å². The monoisotopic (exact) mass is 328 g/mol. The Morgan fingerprint density at radius 3 is 2.78 bits per heavy atom. The number of rotatable bonds is 5. The van der Waals surface area contributed by atoms with Gasteiger partial charge in [0.1, 0.15) is 11.0 Å². The Bertz CT molecular complexity index is 720. The number of nitrogens with zero attached hydrogens (tertiary/aromatic N) is 1. The van der Waals surface area contributed by atoms with E-state index >= 15 is 0 Å². The number of anilines is 2.